The van der Waals surface area contributed by atoms with Gasteiger partial charge in [0.15, 0.2) is 6.10 Å². The summed E-state index contributed by atoms with van der Waals surface area (Å²) in [6.45, 7) is 5.09. The zero-order valence-corrected chi connectivity index (χ0v) is 15.2. The van der Waals surface area contributed by atoms with Crippen LogP contribution in [0.25, 0.3) is 5.69 Å². The number of benzene rings is 1. The fraction of sp³-hybridized carbons (Fsp3) is 0.333. The first-order chi connectivity index (χ1) is 12.3. The van der Waals surface area contributed by atoms with Crippen molar-refractivity contribution < 1.29 is 19.1 Å². The van der Waals surface area contributed by atoms with Crippen LogP contribution in [-0.4, -0.2) is 40.8 Å². The predicted octanol–water partition coefficient (Wildman–Crippen LogP) is 1.42. The molecule has 1 heterocycles. The third kappa shape index (κ3) is 4.47. The number of carbonyl (C=O) groups is 3. The second-order valence-electron chi connectivity index (χ2n) is 5.77. The van der Waals surface area contributed by atoms with Gasteiger partial charge in [-0.2, -0.15) is 5.10 Å². The van der Waals surface area contributed by atoms with Crippen molar-refractivity contribution >= 4 is 17.9 Å². The molecule has 0 saturated heterocycles. The van der Waals surface area contributed by atoms with Crippen LogP contribution < -0.4 is 10.6 Å². The molecule has 0 unspecified atom stereocenters. The largest absolute Gasteiger partial charge is 0.452 e. The van der Waals surface area contributed by atoms with Crippen LogP contribution in [0.4, 0.5) is 4.79 Å². The Kier molecular flexibility index (Phi) is 6.11. The Balaban J connectivity index is 2.07. The number of rotatable bonds is 5. The molecular weight excluding hydrogens is 336 g/mol. The Morgan fingerprint density at radius 1 is 1.19 bits per heavy atom. The Morgan fingerprint density at radius 2 is 1.85 bits per heavy atom. The average molecular weight is 358 g/mol. The molecule has 2 rings (SSSR count). The minimum absolute atomic E-state index is 0.0118. The third-order valence-electron chi connectivity index (χ3n) is 3.90. The molecule has 2 aromatic rings. The number of para-hydroxylation sites is 1. The highest BCUT2D eigenvalue weighted by Gasteiger charge is 2.22. The lowest BCUT2D eigenvalue weighted by molar-refractivity contribution is -0.153. The number of amides is 3. The van der Waals surface area contributed by atoms with Gasteiger partial charge in [-0.05, 0) is 32.9 Å². The SMILES string of the molecule is CNC(=O)NC(=O)[C@@H](C)OC(=O)Cc1c(C)nn(-c2ccccc2)c1C. The maximum atomic E-state index is 12.2. The first-order valence-corrected chi connectivity index (χ1v) is 8.16. The second-order valence-corrected chi connectivity index (χ2v) is 5.77. The lowest BCUT2D eigenvalue weighted by Crippen LogP contribution is -2.43. The molecular formula is C18H22N4O4. The summed E-state index contributed by atoms with van der Waals surface area (Å²) in [4.78, 5) is 35.1. The average Bonchev–Trinajstić information content (AvgIpc) is 2.90. The van der Waals surface area contributed by atoms with E-state index < -0.39 is 24.0 Å². The molecule has 1 aromatic carbocycles. The van der Waals surface area contributed by atoms with Crippen LogP contribution in [0.5, 0.6) is 0 Å². The number of carbonyl (C=O) groups excluding carboxylic acids is 3. The highest BCUT2D eigenvalue weighted by atomic mass is 16.5. The molecule has 2 N–H and O–H groups in total. The number of aryl methyl sites for hydroxylation is 1. The van der Waals surface area contributed by atoms with E-state index >= 15 is 0 Å². The van der Waals surface area contributed by atoms with Crippen LogP contribution in [0.1, 0.15) is 23.9 Å². The maximum absolute atomic E-state index is 12.2. The molecule has 0 radical (unpaired) electrons. The van der Waals surface area contributed by atoms with Crippen LogP contribution in [0.2, 0.25) is 0 Å². The Labute approximate surface area is 151 Å². The third-order valence-corrected chi connectivity index (χ3v) is 3.90. The molecule has 0 aliphatic carbocycles. The summed E-state index contributed by atoms with van der Waals surface area (Å²) in [5, 5.41) is 8.79. The monoisotopic (exact) mass is 358 g/mol. The minimum Gasteiger partial charge on any atom is -0.452 e. The zero-order chi connectivity index (χ0) is 19.3. The fourth-order valence-corrected chi connectivity index (χ4v) is 2.46. The number of esters is 1. The molecule has 26 heavy (non-hydrogen) atoms. The minimum atomic E-state index is -1.08. The van der Waals surface area contributed by atoms with Gasteiger partial charge in [-0.25, -0.2) is 9.48 Å². The Hall–Kier alpha value is -3.16. The summed E-state index contributed by atoms with van der Waals surface area (Å²) in [5.41, 5.74) is 3.18. The molecule has 8 nitrogen and oxygen atoms in total. The molecule has 0 spiro atoms. The topological polar surface area (TPSA) is 102 Å². The lowest BCUT2D eigenvalue weighted by atomic mass is 10.1. The van der Waals surface area contributed by atoms with Gasteiger partial charge < -0.3 is 10.1 Å². The first-order valence-electron chi connectivity index (χ1n) is 8.16. The molecule has 0 aliphatic rings. The van der Waals surface area contributed by atoms with E-state index in [1.807, 2.05) is 44.2 Å². The summed E-state index contributed by atoms with van der Waals surface area (Å²) in [6.07, 6.45) is -1.09. The van der Waals surface area contributed by atoms with E-state index in [1.54, 1.807) is 4.68 Å². The predicted molar refractivity (Wildman–Crippen MR) is 94.9 cm³/mol. The molecule has 0 aliphatic heterocycles. The van der Waals surface area contributed by atoms with Gasteiger partial charge in [0.2, 0.25) is 0 Å². The number of hydrogen-bond acceptors (Lipinski definition) is 5. The first kappa shape index (κ1) is 19.2. The smallest absolute Gasteiger partial charge is 0.321 e. The van der Waals surface area contributed by atoms with Crippen molar-refractivity contribution in [2.24, 2.45) is 0 Å². The highest BCUT2D eigenvalue weighted by molar-refractivity contribution is 5.97. The van der Waals surface area contributed by atoms with E-state index in [-0.39, 0.29) is 6.42 Å². The molecule has 138 valence electrons. The van der Waals surface area contributed by atoms with Crippen molar-refractivity contribution in [1.82, 2.24) is 20.4 Å². The number of nitrogens with one attached hydrogen (secondary N) is 2. The Bertz CT molecular complexity index is 814. The number of urea groups is 1. The summed E-state index contributed by atoms with van der Waals surface area (Å²) in [5.74, 6) is -1.26. The summed E-state index contributed by atoms with van der Waals surface area (Å²) in [6, 6.07) is 8.92. The summed E-state index contributed by atoms with van der Waals surface area (Å²) in [7, 11) is 1.38. The van der Waals surface area contributed by atoms with E-state index in [0.717, 1.165) is 16.9 Å². The van der Waals surface area contributed by atoms with Gasteiger partial charge in [0, 0.05) is 18.3 Å². The zero-order valence-electron chi connectivity index (χ0n) is 15.2. The van der Waals surface area contributed by atoms with Gasteiger partial charge >= 0.3 is 12.0 Å². The van der Waals surface area contributed by atoms with E-state index in [4.69, 9.17) is 4.74 Å². The van der Waals surface area contributed by atoms with Crippen molar-refractivity contribution in [2.45, 2.75) is 33.3 Å². The highest BCUT2D eigenvalue weighted by Crippen LogP contribution is 2.18. The van der Waals surface area contributed by atoms with Gasteiger partial charge in [-0.3, -0.25) is 14.9 Å². The molecule has 3 amide bonds. The van der Waals surface area contributed by atoms with Crippen LogP contribution in [0, 0.1) is 13.8 Å². The number of imide groups is 1. The van der Waals surface area contributed by atoms with Gasteiger partial charge in [0.05, 0.1) is 17.8 Å². The summed E-state index contributed by atoms with van der Waals surface area (Å²) < 4.78 is 6.88. The standard InChI is InChI=1S/C18H22N4O4/c1-11-15(12(2)22(21-11)14-8-6-5-7-9-14)10-16(23)26-13(3)17(24)20-18(25)19-4/h5-9,13H,10H2,1-4H3,(H2,19,20,24,25)/t13-/m1/s1. The van der Waals surface area contributed by atoms with Crippen LogP contribution in [-0.2, 0) is 20.7 Å². The molecule has 1 aromatic heterocycles. The van der Waals surface area contributed by atoms with Crippen molar-refractivity contribution in [3.8, 4) is 5.69 Å². The number of ether oxygens (including phenoxy) is 1. The second kappa shape index (κ2) is 8.28. The van der Waals surface area contributed by atoms with E-state index in [1.165, 1.54) is 14.0 Å². The van der Waals surface area contributed by atoms with Crippen molar-refractivity contribution in [1.29, 1.82) is 0 Å². The van der Waals surface area contributed by atoms with Crippen molar-refractivity contribution in [2.75, 3.05) is 7.05 Å². The summed E-state index contributed by atoms with van der Waals surface area (Å²) >= 11 is 0. The molecule has 0 fully saturated rings. The van der Waals surface area contributed by atoms with E-state index in [2.05, 4.69) is 15.7 Å². The number of nitrogens with zero attached hydrogens (tertiary/aromatic N) is 2. The lowest BCUT2D eigenvalue weighted by Gasteiger charge is -2.13. The van der Waals surface area contributed by atoms with Crippen LogP contribution in [0.3, 0.4) is 0 Å². The molecule has 1 atom stereocenters. The maximum Gasteiger partial charge on any atom is 0.321 e. The quantitative estimate of drug-likeness (QED) is 0.787. The van der Waals surface area contributed by atoms with Gasteiger partial charge in [-0.15, -0.1) is 0 Å². The van der Waals surface area contributed by atoms with E-state index in [9.17, 15) is 14.4 Å². The van der Waals surface area contributed by atoms with E-state index in [0.29, 0.717) is 5.69 Å². The molecule has 8 heteroatoms. The van der Waals surface area contributed by atoms with Crippen molar-refractivity contribution in [3.05, 3.63) is 47.3 Å². The van der Waals surface area contributed by atoms with Gasteiger partial charge in [-0.1, -0.05) is 18.2 Å². The molecule has 0 saturated carbocycles. The fourth-order valence-electron chi connectivity index (χ4n) is 2.46. The van der Waals surface area contributed by atoms with Crippen molar-refractivity contribution in [3.63, 3.8) is 0 Å². The van der Waals surface area contributed by atoms with Gasteiger partial charge in [0.1, 0.15) is 0 Å². The van der Waals surface area contributed by atoms with Crippen LogP contribution in [0.15, 0.2) is 30.3 Å². The van der Waals surface area contributed by atoms with Crippen LogP contribution >= 0.6 is 0 Å². The molecule has 0 bridgehead atoms. The number of hydrogen-bond donors (Lipinski definition) is 2. The van der Waals surface area contributed by atoms with Gasteiger partial charge in [0.25, 0.3) is 5.91 Å². The normalized spacial score (nSPS) is 11.5. The number of aromatic nitrogens is 2. The Morgan fingerprint density at radius 3 is 2.46 bits per heavy atom.